The maximum Gasteiger partial charge on any atom is 0.389 e. The molecule has 1 aliphatic rings. The lowest BCUT2D eigenvalue weighted by Gasteiger charge is -2.13. The summed E-state index contributed by atoms with van der Waals surface area (Å²) in [4.78, 5) is 0. The van der Waals surface area contributed by atoms with Crippen molar-refractivity contribution in [1.82, 2.24) is 9.88 Å². The minimum atomic E-state index is -4.04. The first-order valence-corrected chi connectivity index (χ1v) is 6.92. The Balaban J connectivity index is 2.00. The highest BCUT2D eigenvalue weighted by molar-refractivity contribution is 5.29. The molecule has 0 saturated carbocycles. The molecule has 5 heteroatoms. The number of halogens is 3. The average molecular weight is 274 g/mol. The number of aryl methyl sites for hydroxylation is 2. The van der Waals surface area contributed by atoms with E-state index in [0.717, 1.165) is 19.3 Å². The van der Waals surface area contributed by atoms with Crippen molar-refractivity contribution in [2.24, 2.45) is 0 Å². The van der Waals surface area contributed by atoms with Gasteiger partial charge in [-0.25, -0.2) is 0 Å². The zero-order chi connectivity index (χ0) is 13.9. The molecule has 1 aromatic heterocycles. The second kappa shape index (κ2) is 5.99. The lowest BCUT2D eigenvalue weighted by molar-refractivity contribution is -0.135. The molecule has 1 atom stereocenters. The monoisotopic (exact) mass is 274 g/mol. The van der Waals surface area contributed by atoms with Gasteiger partial charge in [-0.3, -0.25) is 0 Å². The molecule has 0 bridgehead atoms. The number of nitrogens with zero attached hydrogens (tertiary/aromatic N) is 1. The Morgan fingerprint density at radius 2 is 2.11 bits per heavy atom. The average Bonchev–Trinajstić information content (AvgIpc) is 2.62. The molecule has 2 rings (SSSR count). The number of alkyl halides is 3. The number of hydrogen-bond donors (Lipinski definition) is 1. The second-order valence-corrected chi connectivity index (χ2v) is 5.28. The molecular weight excluding hydrogens is 253 g/mol. The van der Waals surface area contributed by atoms with Crippen LogP contribution in [-0.2, 0) is 13.0 Å². The molecule has 1 unspecified atom stereocenters. The van der Waals surface area contributed by atoms with Crippen molar-refractivity contribution in [1.29, 1.82) is 0 Å². The summed E-state index contributed by atoms with van der Waals surface area (Å²) >= 11 is 0. The van der Waals surface area contributed by atoms with E-state index in [4.69, 9.17) is 0 Å². The van der Waals surface area contributed by atoms with Crippen LogP contribution in [0.3, 0.4) is 0 Å². The second-order valence-electron chi connectivity index (χ2n) is 5.28. The summed E-state index contributed by atoms with van der Waals surface area (Å²) < 4.78 is 38.3. The molecule has 0 saturated heterocycles. The van der Waals surface area contributed by atoms with E-state index in [1.54, 1.807) is 0 Å². The normalized spacial score (nSPS) is 20.1. The summed E-state index contributed by atoms with van der Waals surface area (Å²) in [6.45, 7) is 0.447. The van der Waals surface area contributed by atoms with Gasteiger partial charge in [0.05, 0.1) is 0 Å². The Labute approximate surface area is 112 Å². The van der Waals surface area contributed by atoms with Crippen LogP contribution in [0.15, 0.2) is 12.4 Å². The maximum atomic E-state index is 12.1. The highest BCUT2D eigenvalue weighted by Crippen LogP contribution is 2.29. The molecule has 1 heterocycles. The van der Waals surface area contributed by atoms with Gasteiger partial charge < -0.3 is 9.88 Å². The van der Waals surface area contributed by atoms with E-state index in [-0.39, 0.29) is 6.42 Å². The third-order valence-corrected chi connectivity index (χ3v) is 3.79. The zero-order valence-electron chi connectivity index (χ0n) is 11.3. The highest BCUT2D eigenvalue weighted by atomic mass is 19.4. The molecule has 0 aromatic carbocycles. The molecule has 0 spiro atoms. The topological polar surface area (TPSA) is 17.0 Å². The van der Waals surface area contributed by atoms with E-state index < -0.39 is 12.6 Å². The van der Waals surface area contributed by atoms with Crippen LogP contribution in [0.25, 0.3) is 0 Å². The first-order valence-electron chi connectivity index (χ1n) is 6.92. The summed E-state index contributed by atoms with van der Waals surface area (Å²) in [5, 5.41) is 3.30. The van der Waals surface area contributed by atoms with Gasteiger partial charge in [-0.2, -0.15) is 13.2 Å². The van der Waals surface area contributed by atoms with Gasteiger partial charge >= 0.3 is 6.18 Å². The van der Waals surface area contributed by atoms with E-state index in [9.17, 15) is 13.2 Å². The SMILES string of the molecule is CNC1CCCCc2cn(CCCC(F)(F)F)cc21. The van der Waals surface area contributed by atoms with Gasteiger partial charge in [-0.15, -0.1) is 0 Å². The van der Waals surface area contributed by atoms with Gasteiger partial charge in [0.15, 0.2) is 0 Å². The Hall–Kier alpha value is -0.970. The fourth-order valence-electron chi connectivity index (χ4n) is 2.81. The van der Waals surface area contributed by atoms with Gasteiger partial charge in [0.1, 0.15) is 0 Å². The highest BCUT2D eigenvalue weighted by Gasteiger charge is 2.26. The fraction of sp³-hybridized carbons (Fsp3) is 0.714. The standard InChI is InChI=1S/C14H21F3N2/c1-18-13-6-3-2-5-11-9-19(10-12(11)13)8-4-7-14(15,16)17/h9-10,13,18H,2-8H2,1H3. The fourth-order valence-corrected chi connectivity index (χ4v) is 2.81. The summed E-state index contributed by atoms with van der Waals surface area (Å²) in [5.41, 5.74) is 2.57. The third kappa shape index (κ3) is 4.00. The van der Waals surface area contributed by atoms with Crippen LogP contribution in [0.1, 0.15) is 49.3 Å². The molecule has 0 amide bonds. The molecule has 1 aliphatic carbocycles. The molecule has 0 aliphatic heterocycles. The molecule has 19 heavy (non-hydrogen) atoms. The summed E-state index contributed by atoms with van der Waals surface area (Å²) in [6.07, 6.45) is 3.98. The number of nitrogens with one attached hydrogen (secondary N) is 1. The molecule has 1 N–H and O–H groups in total. The molecule has 1 aromatic rings. The lowest BCUT2D eigenvalue weighted by atomic mass is 10.1. The van der Waals surface area contributed by atoms with Crippen molar-refractivity contribution in [3.8, 4) is 0 Å². The third-order valence-electron chi connectivity index (χ3n) is 3.79. The number of aromatic nitrogens is 1. The van der Waals surface area contributed by atoms with Gasteiger partial charge in [0.25, 0.3) is 0 Å². The van der Waals surface area contributed by atoms with Crippen LogP contribution in [-0.4, -0.2) is 17.8 Å². The Morgan fingerprint density at radius 3 is 2.79 bits per heavy atom. The van der Waals surface area contributed by atoms with Crippen LogP contribution in [0.4, 0.5) is 13.2 Å². The van der Waals surface area contributed by atoms with E-state index >= 15 is 0 Å². The van der Waals surface area contributed by atoms with Crippen LogP contribution in [0, 0.1) is 0 Å². The van der Waals surface area contributed by atoms with Crippen molar-refractivity contribution in [3.05, 3.63) is 23.5 Å². The first kappa shape index (κ1) is 14.4. The lowest BCUT2D eigenvalue weighted by Crippen LogP contribution is -2.15. The Kier molecular flexibility index (Phi) is 4.55. The van der Waals surface area contributed by atoms with Crippen molar-refractivity contribution >= 4 is 0 Å². The van der Waals surface area contributed by atoms with Crippen LogP contribution in [0.2, 0.25) is 0 Å². The minimum Gasteiger partial charge on any atom is -0.354 e. The molecule has 2 nitrogen and oxygen atoms in total. The van der Waals surface area contributed by atoms with Gasteiger partial charge in [0.2, 0.25) is 0 Å². The summed E-state index contributed by atoms with van der Waals surface area (Å²) in [5.74, 6) is 0. The van der Waals surface area contributed by atoms with Crippen molar-refractivity contribution < 1.29 is 13.2 Å². The molecular formula is C14H21F3N2. The largest absolute Gasteiger partial charge is 0.389 e. The van der Waals surface area contributed by atoms with Crippen molar-refractivity contribution in [2.75, 3.05) is 7.05 Å². The minimum absolute atomic E-state index is 0.154. The van der Waals surface area contributed by atoms with Gasteiger partial charge in [0, 0.05) is 31.4 Å². The smallest absolute Gasteiger partial charge is 0.354 e. The van der Waals surface area contributed by atoms with Crippen LogP contribution >= 0.6 is 0 Å². The van der Waals surface area contributed by atoms with Crippen molar-refractivity contribution in [3.63, 3.8) is 0 Å². The van der Waals surface area contributed by atoms with E-state index in [1.807, 2.05) is 24.0 Å². The quantitative estimate of drug-likeness (QED) is 0.826. The van der Waals surface area contributed by atoms with Gasteiger partial charge in [-0.1, -0.05) is 6.42 Å². The first-order chi connectivity index (χ1) is 8.99. The van der Waals surface area contributed by atoms with Crippen LogP contribution < -0.4 is 5.32 Å². The van der Waals surface area contributed by atoms with Crippen molar-refractivity contribution in [2.45, 2.75) is 57.3 Å². The van der Waals surface area contributed by atoms with E-state index in [2.05, 4.69) is 5.32 Å². The van der Waals surface area contributed by atoms with Gasteiger partial charge in [-0.05, 0) is 43.9 Å². The predicted octanol–water partition coefficient (Wildman–Crippen LogP) is 3.82. The summed E-state index contributed by atoms with van der Waals surface area (Å²) in [6, 6.07) is 0.348. The molecule has 0 fully saturated rings. The molecule has 0 radical (unpaired) electrons. The number of fused-ring (bicyclic) bond motifs is 1. The zero-order valence-corrected chi connectivity index (χ0v) is 11.3. The number of hydrogen-bond acceptors (Lipinski definition) is 1. The van der Waals surface area contributed by atoms with E-state index in [1.165, 1.54) is 17.5 Å². The maximum absolute atomic E-state index is 12.1. The molecule has 108 valence electrons. The summed E-state index contributed by atoms with van der Waals surface area (Å²) in [7, 11) is 1.95. The Bertz CT molecular complexity index is 409. The predicted molar refractivity (Wildman–Crippen MR) is 69.1 cm³/mol. The Morgan fingerprint density at radius 1 is 1.32 bits per heavy atom. The van der Waals surface area contributed by atoms with Crippen LogP contribution in [0.5, 0.6) is 0 Å². The van der Waals surface area contributed by atoms with E-state index in [0.29, 0.717) is 12.6 Å². The number of rotatable bonds is 4.